The van der Waals surface area contributed by atoms with Crippen LogP contribution in [0.2, 0.25) is 19.6 Å². The third kappa shape index (κ3) is 13.8. The van der Waals surface area contributed by atoms with Crippen LogP contribution in [0.5, 0.6) is 0 Å². The molecule has 96 valence electrons. The molecule has 1 nitrogen and oxygen atoms in total. The molecule has 0 aromatic carbocycles. The Morgan fingerprint density at radius 1 is 0.875 bits per heavy atom. The molecule has 0 spiro atoms. The van der Waals surface area contributed by atoms with Crippen molar-refractivity contribution in [2.45, 2.75) is 77.9 Å². The number of unbranched alkanes of at least 4 members (excludes halogenated alkanes) is 7. The summed E-state index contributed by atoms with van der Waals surface area (Å²) in [5.74, 6) is 0. The zero-order valence-corrected chi connectivity index (χ0v) is 12.7. The molecular weight excluding hydrogens is 212 g/mol. The summed E-state index contributed by atoms with van der Waals surface area (Å²) in [6, 6.07) is 0. The summed E-state index contributed by atoms with van der Waals surface area (Å²) >= 11 is 0. The van der Waals surface area contributed by atoms with Crippen LogP contribution in [0.1, 0.15) is 58.3 Å². The summed E-state index contributed by atoms with van der Waals surface area (Å²) in [4.78, 5) is 0. The standard InChI is InChI=1S/C14H30OSi/c1-5-6-7-8-9-10-11-12-13-14-15-16(2,3)4/h13-14H,5-12H2,1-4H3. The van der Waals surface area contributed by atoms with E-state index in [2.05, 4.69) is 32.6 Å². The lowest BCUT2D eigenvalue weighted by molar-refractivity contribution is 0.475. The topological polar surface area (TPSA) is 9.23 Å². The highest BCUT2D eigenvalue weighted by atomic mass is 28.4. The van der Waals surface area contributed by atoms with Crippen molar-refractivity contribution in [1.82, 2.24) is 0 Å². The Kier molecular flexibility index (Phi) is 9.79. The van der Waals surface area contributed by atoms with Crippen molar-refractivity contribution in [1.29, 1.82) is 0 Å². The lowest BCUT2D eigenvalue weighted by Crippen LogP contribution is -2.21. The molecule has 0 saturated carbocycles. The molecule has 2 heteroatoms. The molecule has 0 N–H and O–H groups in total. The monoisotopic (exact) mass is 242 g/mol. The van der Waals surface area contributed by atoms with Gasteiger partial charge in [0.1, 0.15) is 0 Å². The second kappa shape index (κ2) is 9.95. The van der Waals surface area contributed by atoms with Crippen LogP contribution in [0, 0.1) is 0 Å². The first-order valence-electron chi connectivity index (χ1n) is 6.89. The molecule has 0 rings (SSSR count). The average molecular weight is 242 g/mol. The maximum absolute atomic E-state index is 5.65. The molecule has 0 heterocycles. The Bertz CT molecular complexity index is 170. The first-order chi connectivity index (χ1) is 7.56. The SMILES string of the molecule is CCCCCCCCCC=CO[Si](C)(C)C. The van der Waals surface area contributed by atoms with E-state index in [1.807, 2.05) is 6.26 Å². The summed E-state index contributed by atoms with van der Waals surface area (Å²) in [5.41, 5.74) is 0. The summed E-state index contributed by atoms with van der Waals surface area (Å²) in [7, 11) is -1.33. The Morgan fingerprint density at radius 3 is 2.00 bits per heavy atom. The zero-order valence-electron chi connectivity index (χ0n) is 11.7. The second-order valence-electron chi connectivity index (χ2n) is 5.51. The minimum absolute atomic E-state index is 1.18. The van der Waals surface area contributed by atoms with E-state index >= 15 is 0 Å². The maximum Gasteiger partial charge on any atom is 0.241 e. The van der Waals surface area contributed by atoms with Crippen LogP contribution >= 0.6 is 0 Å². The Hall–Kier alpha value is -0.243. The summed E-state index contributed by atoms with van der Waals surface area (Å²) in [6.45, 7) is 8.91. The van der Waals surface area contributed by atoms with Crippen molar-refractivity contribution < 1.29 is 4.43 Å². The Morgan fingerprint density at radius 2 is 1.44 bits per heavy atom. The van der Waals surface area contributed by atoms with Gasteiger partial charge in [-0.3, -0.25) is 0 Å². The quantitative estimate of drug-likeness (QED) is 0.279. The van der Waals surface area contributed by atoms with Gasteiger partial charge in [-0.1, -0.05) is 51.5 Å². The van der Waals surface area contributed by atoms with Crippen molar-refractivity contribution in [2.75, 3.05) is 0 Å². The highest BCUT2D eigenvalue weighted by Crippen LogP contribution is 2.09. The molecule has 0 saturated heterocycles. The molecule has 0 fully saturated rings. The maximum atomic E-state index is 5.65. The second-order valence-corrected chi connectivity index (χ2v) is 9.97. The highest BCUT2D eigenvalue weighted by Gasteiger charge is 2.12. The van der Waals surface area contributed by atoms with Crippen LogP contribution in [-0.2, 0) is 4.43 Å². The lowest BCUT2D eigenvalue weighted by Gasteiger charge is -2.14. The number of hydrogen-bond acceptors (Lipinski definition) is 1. The van der Waals surface area contributed by atoms with Crippen molar-refractivity contribution in [3.05, 3.63) is 12.3 Å². The van der Waals surface area contributed by atoms with Crippen LogP contribution in [0.4, 0.5) is 0 Å². The van der Waals surface area contributed by atoms with E-state index in [9.17, 15) is 0 Å². The van der Waals surface area contributed by atoms with Gasteiger partial charge in [0.25, 0.3) is 0 Å². The molecule has 0 aliphatic rings. The Labute approximate surface area is 103 Å². The third-order valence-electron chi connectivity index (χ3n) is 2.49. The predicted molar refractivity (Wildman–Crippen MR) is 76.2 cm³/mol. The fourth-order valence-corrected chi connectivity index (χ4v) is 2.04. The van der Waals surface area contributed by atoms with Crippen molar-refractivity contribution in [3.8, 4) is 0 Å². The van der Waals surface area contributed by atoms with E-state index < -0.39 is 8.32 Å². The van der Waals surface area contributed by atoms with Crippen LogP contribution in [0.3, 0.4) is 0 Å². The molecule has 16 heavy (non-hydrogen) atoms. The smallest absolute Gasteiger partial charge is 0.241 e. The average Bonchev–Trinajstić information content (AvgIpc) is 2.19. The van der Waals surface area contributed by atoms with Crippen LogP contribution in [0.25, 0.3) is 0 Å². The molecule has 0 bridgehead atoms. The molecule has 0 radical (unpaired) electrons. The van der Waals surface area contributed by atoms with E-state index in [-0.39, 0.29) is 0 Å². The fourth-order valence-electron chi connectivity index (χ4n) is 1.54. The van der Waals surface area contributed by atoms with Crippen LogP contribution in [0.15, 0.2) is 12.3 Å². The van der Waals surface area contributed by atoms with Gasteiger partial charge in [-0.15, -0.1) is 0 Å². The Balaban J connectivity index is 3.15. The van der Waals surface area contributed by atoms with Gasteiger partial charge in [0.2, 0.25) is 8.32 Å². The van der Waals surface area contributed by atoms with E-state index in [0.29, 0.717) is 0 Å². The summed E-state index contributed by atoms with van der Waals surface area (Å²) in [6.07, 6.45) is 15.0. The first kappa shape index (κ1) is 15.8. The number of hydrogen-bond donors (Lipinski definition) is 0. The molecule has 0 aliphatic heterocycles. The van der Waals surface area contributed by atoms with Gasteiger partial charge in [-0.05, 0) is 32.5 Å². The predicted octanol–water partition coefficient (Wildman–Crippen LogP) is 5.49. The summed E-state index contributed by atoms with van der Waals surface area (Å²) < 4.78 is 5.65. The van der Waals surface area contributed by atoms with Gasteiger partial charge in [0.05, 0.1) is 6.26 Å². The van der Waals surface area contributed by atoms with E-state index in [4.69, 9.17) is 4.43 Å². The largest absolute Gasteiger partial charge is 0.550 e. The lowest BCUT2D eigenvalue weighted by atomic mass is 10.1. The van der Waals surface area contributed by atoms with Gasteiger partial charge in [-0.2, -0.15) is 0 Å². The third-order valence-corrected chi connectivity index (χ3v) is 3.34. The molecule has 0 aromatic heterocycles. The van der Waals surface area contributed by atoms with E-state index in [0.717, 1.165) is 0 Å². The number of allylic oxidation sites excluding steroid dienone is 1. The van der Waals surface area contributed by atoms with Gasteiger partial charge in [0, 0.05) is 0 Å². The molecule has 0 aromatic rings. The van der Waals surface area contributed by atoms with Crippen molar-refractivity contribution in [2.24, 2.45) is 0 Å². The fraction of sp³-hybridized carbons (Fsp3) is 0.857. The van der Waals surface area contributed by atoms with Crippen LogP contribution in [-0.4, -0.2) is 8.32 Å². The molecule has 0 unspecified atom stereocenters. The number of rotatable bonds is 10. The van der Waals surface area contributed by atoms with Crippen molar-refractivity contribution in [3.63, 3.8) is 0 Å². The summed E-state index contributed by atoms with van der Waals surface area (Å²) in [5, 5.41) is 0. The minimum Gasteiger partial charge on any atom is -0.550 e. The zero-order chi connectivity index (χ0) is 12.3. The van der Waals surface area contributed by atoms with Crippen molar-refractivity contribution >= 4 is 8.32 Å². The van der Waals surface area contributed by atoms with E-state index in [1.54, 1.807) is 0 Å². The minimum atomic E-state index is -1.33. The van der Waals surface area contributed by atoms with Gasteiger partial charge in [-0.25, -0.2) is 0 Å². The van der Waals surface area contributed by atoms with Crippen LogP contribution < -0.4 is 0 Å². The molecule has 0 atom stereocenters. The highest BCUT2D eigenvalue weighted by molar-refractivity contribution is 6.69. The first-order valence-corrected chi connectivity index (χ1v) is 10.3. The molecule has 0 amide bonds. The van der Waals surface area contributed by atoms with Gasteiger partial charge >= 0.3 is 0 Å². The van der Waals surface area contributed by atoms with Gasteiger partial charge < -0.3 is 4.43 Å². The van der Waals surface area contributed by atoms with Gasteiger partial charge in [0.15, 0.2) is 0 Å². The van der Waals surface area contributed by atoms with E-state index in [1.165, 1.54) is 51.4 Å². The molecule has 0 aliphatic carbocycles. The molecular formula is C14H30OSi. The normalized spacial score (nSPS) is 12.2.